The number of rotatable bonds is 22. The molecule has 2 aliphatic heterocycles. The molecular formula is C46H63ClN2O12+2. The zero-order valence-electron chi connectivity index (χ0n) is 36.7. The average molecular weight is 871 g/mol. The molecule has 0 aromatic heterocycles. The van der Waals surface area contributed by atoms with E-state index < -0.39 is 11.9 Å². The van der Waals surface area contributed by atoms with Gasteiger partial charge in [0.1, 0.15) is 17.6 Å². The summed E-state index contributed by atoms with van der Waals surface area (Å²) in [6.45, 7) is 4.96. The first-order chi connectivity index (χ1) is 29.4. The van der Waals surface area contributed by atoms with Gasteiger partial charge in [-0.1, -0.05) is 17.7 Å². The van der Waals surface area contributed by atoms with Crippen molar-refractivity contribution >= 4 is 23.5 Å². The van der Waals surface area contributed by atoms with Gasteiger partial charge in [-0.25, -0.2) is 9.59 Å². The van der Waals surface area contributed by atoms with E-state index in [1.54, 1.807) is 42.7 Å². The number of benzene rings is 3. The highest BCUT2D eigenvalue weighted by atomic mass is 35.5. The maximum absolute atomic E-state index is 12.9. The molecule has 0 bridgehead atoms. The second kappa shape index (κ2) is 21.9. The number of halogens is 1. The molecule has 61 heavy (non-hydrogen) atoms. The van der Waals surface area contributed by atoms with E-state index in [4.69, 9.17) is 49.5 Å². The molecule has 5 rings (SSSR count). The summed E-state index contributed by atoms with van der Waals surface area (Å²) in [4.78, 5) is 25.6. The van der Waals surface area contributed by atoms with Gasteiger partial charge in [-0.05, 0) is 52.6 Å². The van der Waals surface area contributed by atoms with Crippen LogP contribution >= 0.6 is 11.6 Å². The van der Waals surface area contributed by atoms with Crippen LogP contribution < -0.4 is 28.4 Å². The van der Waals surface area contributed by atoms with Crippen LogP contribution in [0.2, 0.25) is 0 Å². The number of ether oxygens (including phenoxy) is 8. The fourth-order valence-corrected chi connectivity index (χ4v) is 9.18. The number of likely N-dealkylation sites (tertiary alicyclic amines) is 1. The quantitative estimate of drug-likeness (QED) is 0.0544. The van der Waals surface area contributed by atoms with Crippen LogP contribution in [0.1, 0.15) is 65.1 Å². The molecule has 15 heteroatoms. The Hall–Kier alpha value is -4.73. The lowest BCUT2D eigenvalue weighted by Gasteiger charge is -2.46. The Labute approximate surface area is 364 Å². The summed E-state index contributed by atoms with van der Waals surface area (Å²) in [5.74, 6) is 1.89. The Bertz CT molecular complexity index is 1970. The van der Waals surface area contributed by atoms with E-state index in [1.807, 2.05) is 36.4 Å². The van der Waals surface area contributed by atoms with E-state index in [0.717, 1.165) is 84.8 Å². The fourth-order valence-electron chi connectivity index (χ4n) is 9.04. The molecule has 14 nitrogen and oxygen atoms in total. The molecule has 2 N–H and O–H groups in total. The van der Waals surface area contributed by atoms with E-state index in [2.05, 4.69) is 7.05 Å². The largest absolute Gasteiger partial charge is 0.493 e. The minimum absolute atomic E-state index is 0.0598. The number of aliphatic hydroxyl groups excluding tert-OH is 2. The van der Waals surface area contributed by atoms with Gasteiger partial charge < -0.3 is 57.1 Å². The summed E-state index contributed by atoms with van der Waals surface area (Å²) in [5, 5.41) is 19.9. The van der Waals surface area contributed by atoms with Gasteiger partial charge >= 0.3 is 11.9 Å². The first-order valence-electron chi connectivity index (χ1n) is 20.7. The molecule has 0 spiro atoms. The number of methoxy groups -OCH3 is 6. The molecule has 3 aromatic rings. The Kier molecular flexibility index (Phi) is 17.0. The number of likely N-dealkylation sites (N-methyl/N-ethyl adjacent to an activating group) is 1. The van der Waals surface area contributed by atoms with E-state index in [0.29, 0.717) is 75.9 Å². The topological polar surface area (TPSA) is 148 Å². The van der Waals surface area contributed by atoms with Crippen molar-refractivity contribution in [2.75, 3.05) is 95.6 Å². The van der Waals surface area contributed by atoms with Crippen molar-refractivity contribution in [2.24, 2.45) is 0 Å². The lowest BCUT2D eigenvalue weighted by Crippen LogP contribution is -2.52. The van der Waals surface area contributed by atoms with Crippen molar-refractivity contribution in [1.29, 1.82) is 0 Å². The molecule has 0 saturated carbocycles. The first-order valence-corrected chi connectivity index (χ1v) is 21.1. The third-order valence-electron chi connectivity index (χ3n) is 12.2. The SMILES string of the molecule is COc1cc(C[C@@H]2c3cc(CO)c(CO)cc3CC[N@@+]2(C)CCCOC(=O)/C(Cl)=C/C(=O)OCCC[N+]2(Cc3cc(OC)c(OC)c(OC)c3)CCCC2)cc(OC)c1OC. The van der Waals surface area contributed by atoms with Gasteiger partial charge in [0.2, 0.25) is 11.5 Å². The standard InChI is InChI=1S/C46H63ClN2O12/c1-48(17-12-33-25-34(29-50)35(30-51)26-36(33)38(48)20-31-21-39(54-2)44(58-6)40(22-31)55-3)13-10-19-61-46(53)37(47)27-43(52)60-18-11-16-49(14-8-9-15-49)28-32-23-41(56-4)45(59-7)42(24-32)57-5/h21-27,38,50-51H,8-20,28-30H2,1-7H3/q+2/b37-27-/t38-,48-/m1/s1. The number of quaternary nitrogens is 2. The number of fused-ring (bicyclic) bond motifs is 1. The fraction of sp³-hybridized carbons (Fsp3) is 0.522. The molecule has 334 valence electrons. The number of hydrogen-bond acceptors (Lipinski definition) is 12. The van der Waals surface area contributed by atoms with Crippen molar-refractivity contribution in [1.82, 2.24) is 0 Å². The summed E-state index contributed by atoms with van der Waals surface area (Å²) in [6, 6.07) is 11.8. The Morgan fingerprint density at radius 3 is 1.77 bits per heavy atom. The Morgan fingerprint density at radius 2 is 1.23 bits per heavy atom. The maximum Gasteiger partial charge on any atom is 0.350 e. The Morgan fingerprint density at radius 1 is 0.705 bits per heavy atom. The summed E-state index contributed by atoms with van der Waals surface area (Å²) in [6.07, 6.45) is 5.73. The molecule has 0 amide bonds. The first kappa shape index (κ1) is 47.3. The molecule has 0 aliphatic carbocycles. The van der Waals surface area contributed by atoms with E-state index >= 15 is 0 Å². The normalized spacial score (nSPS) is 18.2. The highest BCUT2D eigenvalue weighted by Crippen LogP contribution is 2.44. The number of carbonyl (C=O) groups is 2. The number of carbonyl (C=O) groups excluding carboxylic acids is 2. The third kappa shape index (κ3) is 11.4. The van der Waals surface area contributed by atoms with Crippen molar-refractivity contribution in [2.45, 2.75) is 64.3 Å². The molecule has 0 unspecified atom stereocenters. The molecule has 2 aliphatic rings. The summed E-state index contributed by atoms with van der Waals surface area (Å²) < 4.78 is 46.0. The number of esters is 2. The monoisotopic (exact) mass is 870 g/mol. The smallest absolute Gasteiger partial charge is 0.350 e. The molecule has 2 atom stereocenters. The molecular weight excluding hydrogens is 808 g/mol. The van der Waals surface area contributed by atoms with Gasteiger partial charge in [-0.3, -0.25) is 0 Å². The predicted octanol–water partition coefficient (Wildman–Crippen LogP) is 5.81. The third-order valence-corrected chi connectivity index (χ3v) is 12.5. The van der Waals surface area contributed by atoms with Crippen LogP contribution in [0.25, 0.3) is 0 Å². The van der Waals surface area contributed by atoms with E-state index in [9.17, 15) is 19.8 Å². The maximum atomic E-state index is 12.9. The molecule has 0 radical (unpaired) electrons. The summed E-state index contributed by atoms with van der Waals surface area (Å²) in [7, 11) is 11.7. The van der Waals surface area contributed by atoms with E-state index in [1.165, 1.54) is 0 Å². The van der Waals surface area contributed by atoms with Crippen molar-refractivity contribution < 1.29 is 66.7 Å². The Balaban J connectivity index is 1.17. The van der Waals surface area contributed by atoms with Gasteiger partial charge in [0.15, 0.2) is 23.0 Å². The van der Waals surface area contributed by atoms with Gasteiger partial charge in [-0.2, -0.15) is 0 Å². The highest BCUT2D eigenvalue weighted by molar-refractivity contribution is 6.42. The van der Waals surface area contributed by atoms with Gasteiger partial charge in [-0.15, -0.1) is 0 Å². The molecule has 2 heterocycles. The minimum atomic E-state index is -0.796. The second-order valence-corrected chi connectivity index (χ2v) is 16.4. The number of hydrogen-bond donors (Lipinski definition) is 2. The zero-order chi connectivity index (χ0) is 44.2. The van der Waals surface area contributed by atoms with Crippen LogP contribution in [0.3, 0.4) is 0 Å². The van der Waals surface area contributed by atoms with Crippen LogP contribution in [0, 0.1) is 0 Å². The molecule has 1 fully saturated rings. The zero-order valence-corrected chi connectivity index (χ0v) is 37.4. The van der Waals surface area contributed by atoms with Crippen LogP contribution in [0.4, 0.5) is 0 Å². The lowest BCUT2D eigenvalue weighted by atomic mass is 9.84. The van der Waals surface area contributed by atoms with Crippen LogP contribution in [0.15, 0.2) is 47.5 Å². The van der Waals surface area contributed by atoms with Gasteiger partial charge in [0, 0.05) is 55.7 Å². The molecule has 3 aromatic carbocycles. The van der Waals surface area contributed by atoms with Gasteiger partial charge in [0.05, 0.1) is 109 Å². The summed E-state index contributed by atoms with van der Waals surface area (Å²) in [5.41, 5.74) is 5.64. The minimum Gasteiger partial charge on any atom is -0.493 e. The average Bonchev–Trinajstić information content (AvgIpc) is 3.74. The van der Waals surface area contributed by atoms with Gasteiger partial charge in [0.25, 0.3) is 0 Å². The number of aliphatic hydroxyl groups is 2. The number of nitrogens with zero attached hydrogens (tertiary/aromatic N) is 2. The van der Waals surface area contributed by atoms with Crippen molar-refractivity contribution in [3.05, 3.63) is 80.9 Å². The van der Waals surface area contributed by atoms with E-state index in [-0.39, 0.29) is 37.5 Å². The van der Waals surface area contributed by atoms with Crippen molar-refractivity contribution in [3.8, 4) is 34.5 Å². The second-order valence-electron chi connectivity index (χ2n) is 16.0. The lowest BCUT2D eigenvalue weighted by molar-refractivity contribution is -0.941. The summed E-state index contributed by atoms with van der Waals surface area (Å²) >= 11 is 6.26. The van der Waals surface area contributed by atoms with Crippen LogP contribution in [0.5, 0.6) is 34.5 Å². The van der Waals surface area contributed by atoms with Crippen LogP contribution in [-0.2, 0) is 51.7 Å². The highest BCUT2D eigenvalue weighted by Gasteiger charge is 2.40. The molecule has 1 saturated heterocycles. The van der Waals surface area contributed by atoms with Crippen LogP contribution in [-0.4, -0.2) is 127 Å². The predicted molar refractivity (Wildman–Crippen MR) is 229 cm³/mol. The van der Waals surface area contributed by atoms with Crippen molar-refractivity contribution in [3.63, 3.8) is 0 Å².